The van der Waals surface area contributed by atoms with E-state index in [1.165, 1.54) is 47.1 Å². The first-order valence-electron chi connectivity index (χ1n) is 11.9. The van der Waals surface area contributed by atoms with Crippen molar-refractivity contribution in [1.29, 1.82) is 0 Å². The molecule has 12 nitrogen and oxygen atoms in total. The minimum absolute atomic E-state index is 0.0101. The van der Waals surface area contributed by atoms with Crippen LogP contribution in [0.3, 0.4) is 0 Å². The van der Waals surface area contributed by atoms with E-state index < -0.39 is 65.4 Å². The van der Waals surface area contributed by atoms with E-state index in [1.54, 1.807) is 20.8 Å². The summed E-state index contributed by atoms with van der Waals surface area (Å²) in [5, 5.41) is 16.3. The van der Waals surface area contributed by atoms with Gasteiger partial charge in [0.15, 0.2) is 11.6 Å². The number of nitrogens with one attached hydrogen (secondary N) is 3. The Bertz CT molecular complexity index is 1040. The Labute approximate surface area is 221 Å². The number of halogens is 1. The van der Waals surface area contributed by atoms with Crippen LogP contribution in [0.15, 0.2) is 18.2 Å². The van der Waals surface area contributed by atoms with Gasteiger partial charge in [0.1, 0.15) is 29.8 Å². The van der Waals surface area contributed by atoms with Crippen LogP contribution in [-0.2, 0) is 30.3 Å². The number of carbonyl (C=O) groups excluding carboxylic acids is 4. The molecule has 1 aromatic carbocycles. The number of ether oxygens (including phenoxy) is 2. The Kier molecular flexibility index (Phi) is 11.5. The lowest BCUT2D eigenvalue weighted by molar-refractivity contribution is -0.144. The first kappa shape index (κ1) is 32.1. The monoisotopic (exact) mass is 540 g/mol. The summed E-state index contributed by atoms with van der Waals surface area (Å²) in [6.07, 6.45) is -0.967. The van der Waals surface area contributed by atoms with E-state index in [9.17, 15) is 28.4 Å². The molecule has 212 valence electrons. The standard InChI is InChI=1S/C25H37FN4O8/c1-13(29-24(36)38-25(4,5)6)20(31)27-14(2)22(33)30(7)18(21(32)28-15(3)23(34)35)12-16-9-10-19(37-8)17(26)11-16/h9-11,13-15,18H,12H2,1-8H3,(H,27,31)(H,28,32)(H,29,36)(H,34,35)/t13-,14+,15+,18+/m1/s1. The summed E-state index contributed by atoms with van der Waals surface area (Å²) in [6, 6.07) is -0.641. The number of amides is 4. The third-order valence-electron chi connectivity index (χ3n) is 5.35. The van der Waals surface area contributed by atoms with Gasteiger partial charge in [0, 0.05) is 13.5 Å². The number of carbonyl (C=O) groups is 5. The van der Waals surface area contributed by atoms with Gasteiger partial charge in [-0.05, 0) is 59.2 Å². The van der Waals surface area contributed by atoms with Gasteiger partial charge in [-0.3, -0.25) is 19.2 Å². The molecule has 0 saturated heterocycles. The van der Waals surface area contributed by atoms with Gasteiger partial charge >= 0.3 is 12.1 Å². The molecule has 0 aliphatic rings. The van der Waals surface area contributed by atoms with Crippen LogP contribution in [0, 0.1) is 5.82 Å². The second kappa shape index (κ2) is 13.6. The minimum atomic E-state index is -1.28. The minimum Gasteiger partial charge on any atom is -0.494 e. The molecule has 0 spiro atoms. The molecule has 13 heteroatoms. The van der Waals surface area contributed by atoms with Crippen molar-refractivity contribution in [2.45, 2.75) is 77.7 Å². The number of aliphatic carboxylic acids is 1. The van der Waals surface area contributed by atoms with E-state index >= 15 is 0 Å². The maximum absolute atomic E-state index is 14.2. The van der Waals surface area contributed by atoms with Crippen LogP contribution in [0.25, 0.3) is 0 Å². The van der Waals surface area contributed by atoms with Crippen molar-refractivity contribution < 1.29 is 42.9 Å². The quantitative estimate of drug-likeness (QED) is 0.325. The molecule has 0 bridgehead atoms. The lowest BCUT2D eigenvalue weighted by atomic mass is 10.0. The Hall–Kier alpha value is -3.90. The van der Waals surface area contributed by atoms with Crippen LogP contribution in [0.1, 0.15) is 47.1 Å². The summed E-state index contributed by atoms with van der Waals surface area (Å²) < 4.78 is 24.2. The molecule has 0 radical (unpaired) electrons. The number of hydrogen-bond donors (Lipinski definition) is 4. The maximum Gasteiger partial charge on any atom is 0.408 e. The second-order valence-electron chi connectivity index (χ2n) is 9.80. The van der Waals surface area contributed by atoms with Crippen LogP contribution in [-0.4, -0.2) is 83.7 Å². The molecule has 4 amide bonds. The number of carboxylic acid groups (broad SMARTS) is 1. The van der Waals surface area contributed by atoms with Gasteiger partial charge in [0.25, 0.3) is 0 Å². The van der Waals surface area contributed by atoms with Gasteiger partial charge in [0.05, 0.1) is 7.11 Å². The molecule has 0 aliphatic carbocycles. The second-order valence-corrected chi connectivity index (χ2v) is 9.80. The van der Waals surface area contributed by atoms with Crippen molar-refractivity contribution in [1.82, 2.24) is 20.9 Å². The molecule has 0 saturated carbocycles. The molecular weight excluding hydrogens is 503 g/mol. The molecule has 0 fully saturated rings. The zero-order chi connectivity index (χ0) is 29.4. The van der Waals surface area contributed by atoms with Crippen molar-refractivity contribution in [2.24, 2.45) is 0 Å². The highest BCUT2D eigenvalue weighted by atomic mass is 19.1. The SMILES string of the molecule is COc1ccc(C[C@@H](C(=O)N[C@@H](C)C(=O)O)N(C)C(=O)[C@H](C)NC(=O)[C@@H](C)NC(=O)OC(C)(C)C)cc1F. The van der Waals surface area contributed by atoms with Gasteiger partial charge < -0.3 is 35.4 Å². The van der Waals surface area contributed by atoms with Crippen molar-refractivity contribution in [3.63, 3.8) is 0 Å². The van der Waals surface area contributed by atoms with E-state index in [-0.39, 0.29) is 12.2 Å². The number of likely N-dealkylation sites (N-methyl/N-ethyl adjacent to an activating group) is 1. The zero-order valence-electron chi connectivity index (χ0n) is 22.9. The predicted octanol–water partition coefficient (Wildman–Crippen LogP) is 1.21. The van der Waals surface area contributed by atoms with Crippen LogP contribution in [0.5, 0.6) is 5.75 Å². The normalized spacial score (nSPS) is 14.2. The summed E-state index contributed by atoms with van der Waals surface area (Å²) in [5.74, 6) is -4.12. The van der Waals surface area contributed by atoms with Crippen LogP contribution < -0.4 is 20.7 Å². The number of benzene rings is 1. The molecule has 0 unspecified atom stereocenters. The van der Waals surface area contributed by atoms with Gasteiger partial charge in [-0.25, -0.2) is 9.18 Å². The summed E-state index contributed by atoms with van der Waals surface area (Å²) in [5.41, 5.74) is -0.426. The van der Waals surface area contributed by atoms with Crippen molar-refractivity contribution >= 4 is 29.8 Å². The summed E-state index contributed by atoms with van der Waals surface area (Å²) in [7, 11) is 2.61. The third-order valence-corrected chi connectivity index (χ3v) is 5.35. The molecule has 4 N–H and O–H groups in total. The largest absolute Gasteiger partial charge is 0.494 e. The summed E-state index contributed by atoms with van der Waals surface area (Å²) >= 11 is 0. The Morgan fingerprint density at radius 3 is 2.05 bits per heavy atom. The van der Waals surface area contributed by atoms with Crippen LogP contribution in [0.2, 0.25) is 0 Å². The Balaban J connectivity index is 3.04. The molecule has 0 aliphatic heterocycles. The van der Waals surface area contributed by atoms with Crippen LogP contribution >= 0.6 is 0 Å². The molecule has 0 heterocycles. The van der Waals surface area contributed by atoms with E-state index in [0.717, 1.165) is 11.0 Å². The van der Waals surface area contributed by atoms with Gasteiger partial charge in [-0.15, -0.1) is 0 Å². The third kappa shape index (κ3) is 9.87. The lowest BCUT2D eigenvalue weighted by Crippen LogP contribution is -2.57. The average molecular weight is 541 g/mol. The molecule has 1 rings (SSSR count). The maximum atomic E-state index is 14.2. The smallest absolute Gasteiger partial charge is 0.408 e. The van der Waals surface area contributed by atoms with Gasteiger partial charge in [-0.1, -0.05) is 6.07 Å². The first-order chi connectivity index (χ1) is 17.5. The topological polar surface area (TPSA) is 163 Å². The molecular formula is C25H37FN4O8. The molecule has 0 aromatic heterocycles. The fourth-order valence-electron chi connectivity index (χ4n) is 3.25. The molecule has 1 aromatic rings. The van der Waals surface area contributed by atoms with Gasteiger partial charge in [0.2, 0.25) is 17.7 Å². The lowest BCUT2D eigenvalue weighted by Gasteiger charge is -2.31. The highest BCUT2D eigenvalue weighted by Gasteiger charge is 2.33. The van der Waals surface area contributed by atoms with Crippen LogP contribution in [0.4, 0.5) is 9.18 Å². The molecule has 4 atom stereocenters. The predicted molar refractivity (Wildman–Crippen MR) is 135 cm³/mol. The average Bonchev–Trinajstić information content (AvgIpc) is 2.79. The Morgan fingerprint density at radius 1 is 0.974 bits per heavy atom. The Morgan fingerprint density at radius 2 is 1.55 bits per heavy atom. The number of alkyl carbamates (subject to hydrolysis) is 1. The fourth-order valence-corrected chi connectivity index (χ4v) is 3.25. The highest BCUT2D eigenvalue weighted by molar-refractivity contribution is 5.94. The van der Waals surface area contributed by atoms with E-state index in [2.05, 4.69) is 16.0 Å². The number of hydrogen-bond acceptors (Lipinski definition) is 7. The van der Waals surface area contributed by atoms with E-state index in [0.29, 0.717) is 5.56 Å². The van der Waals surface area contributed by atoms with Gasteiger partial charge in [-0.2, -0.15) is 0 Å². The zero-order valence-corrected chi connectivity index (χ0v) is 22.9. The number of nitrogens with zero attached hydrogens (tertiary/aromatic N) is 1. The summed E-state index contributed by atoms with van der Waals surface area (Å²) in [4.78, 5) is 62.9. The number of methoxy groups -OCH3 is 1. The van der Waals surface area contributed by atoms with E-state index in [4.69, 9.17) is 14.6 Å². The van der Waals surface area contributed by atoms with E-state index in [1.807, 2.05) is 0 Å². The summed E-state index contributed by atoms with van der Waals surface area (Å²) in [6.45, 7) is 9.04. The van der Waals surface area contributed by atoms with Crippen molar-refractivity contribution in [3.8, 4) is 5.75 Å². The van der Waals surface area contributed by atoms with Crippen molar-refractivity contribution in [3.05, 3.63) is 29.6 Å². The first-order valence-corrected chi connectivity index (χ1v) is 11.9. The fraction of sp³-hybridized carbons (Fsp3) is 0.560. The highest BCUT2D eigenvalue weighted by Crippen LogP contribution is 2.20. The number of carboxylic acids is 1. The molecule has 38 heavy (non-hydrogen) atoms. The van der Waals surface area contributed by atoms with Crippen molar-refractivity contribution in [2.75, 3.05) is 14.2 Å². The number of rotatable bonds is 11.